The van der Waals surface area contributed by atoms with Gasteiger partial charge in [-0.15, -0.1) is 0 Å². The summed E-state index contributed by atoms with van der Waals surface area (Å²) in [5, 5.41) is 9.99. The maximum absolute atomic E-state index is 12.8. The van der Waals surface area contributed by atoms with Gasteiger partial charge < -0.3 is 18.8 Å². The van der Waals surface area contributed by atoms with Crippen molar-refractivity contribution in [2.45, 2.75) is 65.1 Å². The zero-order valence-electron chi connectivity index (χ0n) is 39.7. The largest absolute Gasteiger partial charge is 0.508 e. The molecular formula is C54H55ClN2O10S2. The van der Waals surface area contributed by atoms with E-state index in [1.807, 2.05) is 89.2 Å². The summed E-state index contributed by atoms with van der Waals surface area (Å²) >= 11 is 0. The molecule has 360 valence electrons. The molecule has 0 bridgehead atoms. The molecule has 8 rings (SSSR count). The molecule has 2 aliphatic heterocycles. The molecule has 0 aromatic heterocycles. The van der Waals surface area contributed by atoms with Crippen LogP contribution in [0.2, 0.25) is 0 Å². The monoisotopic (exact) mass is 990 g/mol. The summed E-state index contributed by atoms with van der Waals surface area (Å²) in [6.07, 6.45) is 0. The lowest BCUT2D eigenvalue weighted by atomic mass is 9.87. The van der Waals surface area contributed by atoms with Crippen molar-refractivity contribution in [2.75, 3.05) is 24.0 Å². The first kappa shape index (κ1) is 51.5. The highest BCUT2D eigenvalue weighted by Crippen LogP contribution is 2.46. The summed E-state index contributed by atoms with van der Waals surface area (Å²) < 4.78 is 62.9. The Kier molecular flexibility index (Phi) is 15.8. The Hall–Kier alpha value is -6.87. The molecule has 69 heavy (non-hydrogen) atoms. The molecule has 2 heterocycles. The van der Waals surface area contributed by atoms with E-state index in [1.165, 1.54) is 0 Å². The van der Waals surface area contributed by atoms with Crippen LogP contribution >= 0.6 is 10.7 Å². The summed E-state index contributed by atoms with van der Waals surface area (Å²) in [5.41, 5.74) is 10.9. The normalized spacial score (nSPS) is 15.5. The van der Waals surface area contributed by atoms with Gasteiger partial charge in [-0.3, -0.25) is 19.4 Å². The summed E-state index contributed by atoms with van der Waals surface area (Å²) in [6.45, 7) is 19.4. The zero-order valence-corrected chi connectivity index (χ0v) is 42.1. The third-order valence-corrected chi connectivity index (χ3v) is 14.2. The number of nitrogens with zero attached hydrogens (tertiary/aromatic N) is 2. The third kappa shape index (κ3) is 11.9. The second kappa shape index (κ2) is 21.2. The van der Waals surface area contributed by atoms with Crippen molar-refractivity contribution in [3.8, 4) is 23.0 Å². The topological polar surface area (TPSA) is 157 Å². The number of amides is 2. The minimum absolute atomic E-state index is 0.102. The first-order valence-electron chi connectivity index (χ1n) is 21.7. The minimum atomic E-state index is -3.87. The van der Waals surface area contributed by atoms with Gasteiger partial charge in [0.2, 0.25) is 9.05 Å². The number of aryl methyl sites for hydroxylation is 4. The van der Waals surface area contributed by atoms with Crippen molar-refractivity contribution in [2.24, 2.45) is 0 Å². The molecule has 2 aliphatic rings. The quantitative estimate of drug-likeness (QED) is 0.0542. The molecule has 0 aliphatic carbocycles. The Balaban J connectivity index is 0.000000193. The molecule has 2 saturated heterocycles. The maximum Gasteiger partial charge on any atom is 0.313 e. The highest BCUT2D eigenvalue weighted by atomic mass is 35.7. The van der Waals surface area contributed by atoms with Crippen molar-refractivity contribution in [1.29, 1.82) is 0 Å². The van der Waals surface area contributed by atoms with E-state index < -0.39 is 25.2 Å². The third-order valence-electron chi connectivity index (χ3n) is 12.0. The van der Waals surface area contributed by atoms with E-state index in [9.17, 15) is 31.5 Å². The summed E-state index contributed by atoms with van der Waals surface area (Å²) in [4.78, 5) is 28.5. The van der Waals surface area contributed by atoms with Crippen LogP contribution in [0.25, 0.3) is 0 Å². The van der Waals surface area contributed by atoms with Crippen molar-refractivity contribution in [1.82, 2.24) is 0 Å². The van der Waals surface area contributed by atoms with Crippen molar-refractivity contribution >= 4 is 53.0 Å². The lowest BCUT2D eigenvalue weighted by Crippen LogP contribution is -2.48. The molecule has 0 saturated carbocycles. The number of rotatable bonds is 12. The first-order chi connectivity index (χ1) is 32.5. The van der Waals surface area contributed by atoms with Gasteiger partial charge in [0.05, 0.1) is 32.1 Å². The lowest BCUT2D eigenvalue weighted by Gasteiger charge is -2.43. The standard InChI is InChI=1S/C27H27NO5S.C20H21NO3.C7H7ClO2S/c1-17-11-12-22(14-24(17)33-34(30,31)16-21-9-7-6-8-10-21)26-20(4)27(29)28(26)23-13-18(2)19(3)25(15-23)32-5;1-11-6-7-15(9-17(11)22)19-14(4)20(23)21(19)16-8-12(2)13(3)18(10-16)24-5;8-11(9,10)6-7-4-2-1-3-5-7/h6-15,26H,4,16H2,1-3,5H3;6-10,19,22H,4H2,1-3,5H3;1-5H,6H2/t26-;19-;/m11./s1. The average molecular weight is 992 g/mol. The van der Waals surface area contributed by atoms with Crippen LogP contribution in [-0.4, -0.2) is 48.0 Å². The number of carbonyl (C=O) groups is 2. The van der Waals surface area contributed by atoms with Gasteiger partial charge in [0.15, 0.2) is 0 Å². The van der Waals surface area contributed by atoms with Gasteiger partial charge >= 0.3 is 10.1 Å². The van der Waals surface area contributed by atoms with Crippen LogP contribution in [0.3, 0.4) is 0 Å². The molecular weight excluding hydrogens is 936 g/mol. The van der Waals surface area contributed by atoms with Crippen LogP contribution in [0.1, 0.15) is 67.7 Å². The van der Waals surface area contributed by atoms with E-state index in [1.54, 1.807) is 97.7 Å². The molecule has 2 fully saturated rings. The molecule has 6 aromatic carbocycles. The Labute approximate surface area is 409 Å². The number of aromatic hydroxyl groups is 1. The number of anilines is 2. The fourth-order valence-corrected chi connectivity index (χ4v) is 9.98. The zero-order chi connectivity index (χ0) is 50.5. The van der Waals surface area contributed by atoms with E-state index in [4.69, 9.17) is 24.3 Å². The number of phenols is 1. The molecule has 0 radical (unpaired) electrons. The van der Waals surface area contributed by atoms with E-state index in [0.717, 1.165) is 50.4 Å². The highest BCUT2D eigenvalue weighted by Gasteiger charge is 2.44. The SMILES string of the molecule is C=C1C(=O)N(c2cc(C)c(C)c(OC)c2)[C@H]1c1ccc(C)c(O)c1.C=C1C(=O)N(c2cc(C)c(C)c(OC)c2)[C@H]1c1ccc(C)c(OS(=O)(=O)Cc2ccccc2)c1.O=S(=O)(Cl)Cc1ccccc1. The van der Waals surface area contributed by atoms with Crippen LogP contribution in [0.15, 0.2) is 146 Å². The molecule has 6 aromatic rings. The maximum atomic E-state index is 12.8. The first-order valence-corrected chi connectivity index (χ1v) is 25.8. The molecule has 0 spiro atoms. The van der Waals surface area contributed by atoms with Gasteiger partial charge in [-0.1, -0.05) is 98.1 Å². The number of phenolic OH excluding ortho intramolecular Hbond substituents is 1. The summed E-state index contributed by atoms with van der Waals surface area (Å²) in [5.74, 6) is 1.27. The molecule has 0 unspecified atom stereocenters. The van der Waals surface area contributed by atoms with Gasteiger partial charge in [-0.2, -0.15) is 8.42 Å². The molecule has 2 atom stereocenters. The van der Waals surface area contributed by atoms with Crippen LogP contribution in [0.5, 0.6) is 23.0 Å². The van der Waals surface area contributed by atoms with Crippen molar-refractivity contribution in [3.05, 3.63) is 201 Å². The van der Waals surface area contributed by atoms with Crippen LogP contribution < -0.4 is 23.5 Å². The van der Waals surface area contributed by atoms with E-state index >= 15 is 0 Å². The van der Waals surface area contributed by atoms with Crippen molar-refractivity contribution < 1.29 is 45.2 Å². The summed E-state index contributed by atoms with van der Waals surface area (Å²) in [7, 11) is 0.984. The van der Waals surface area contributed by atoms with Gasteiger partial charge in [0, 0.05) is 45.3 Å². The predicted molar refractivity (Wildman–Crippen MR) is 272 cm³/mol. The second-order valence-corrected chi connectivity index (χ2v) is 21.2. The predicted octanol–water partition coefficient (Wildman–Crippen LogP) is 10.9. The van der Waals surface area contributed by atoms with Crippen LogP contribution in [0, 0.1) is 41.5 Å². The molecule has 12 nitrogen and oxygen atoms in total. The average Bonchev–Trinajstić information content (AvgIpc) is 3.30. The summed E-state index contributed by atoms with van der Waals surface area (Å²) in [6, 6.07) is 35.4. The fraction of sp³-hybridized carbons (Fsp3) is 0.222. The van der Waals surface area contributed by atoms with E-state index in [-0.39, 0.29) is 40.9 Å². The van der Waals surface area contributed by atoms with Gasteiger partial charge in [-0.05, 0) is 121 Å². The van der Waals surface area contributed by atoms with Crippen LogP contribution in [-0.2, 0) is 40.3 Å². The number of methoxy groups -OCH3 is 2. The Morgan fingerprint density at radius 3 is 1.39 bits per heavy atom. The number of carbonyl (C=O) groups excluding carboxylic acids is 2. The molecule has 15 heteroatoms. The Morgan fingerprint density at radius 2 is 0.971 bits per heavy atom. The van der Waals surface area contributed by atoms with Gasteiger partial charge in [0.25, 0.3) is 11.8 Å². The van der Waals surface area contributed by atoms with Crippen molar-refractivity contribution in [3.63, 3.8) is 0 Å². The number of halogens is 1. The van der Waals surface area contributed by atoms with E-state index in [0.29, 0.717) is 39.3 Å². The van der Waals surface area contributed by atoms with Gasteiger partial charge in [-0.25, -0.2) is 8.42 Å². The minimum Gasteiger partial charge on any atom is -0.508 e. The molecule has 1 N–H and O–H groups in total. The fourth-order valence-electron chi connectivity index (χ4n) is 7.90. The lowest BCUT2D eigenvalue weighted by molar-refractivity contribution is -0.119. The number of ether oxygens (including phenoxy) is 2. The smallest absolute Gasteiger partial charge is 0.313 e. The van der Waals surface area contributed by atoms with Crippen LogP contribution in [0.4, 0.5) is 11.4 Å². The highest BCUT2D eigenvalue weighted by molar-refractivity contribution is 8.13. The second-order valence-electron chi connectivity index (χ2n) is 16.9. The number of hydrogen-bond acceptors (Lipinski definition) is 10. The number of hydrogen-bond donors (Lipinski definition) is 1. The number of benzene rings is 6. The molecule has 2 amide bonds. The Bertz CT molecular complexity index is 3180. The van der Waals surface area contributed by atoms with E-state index in [2.05, 4.69) is 13.2 Å². The Morgan fingerprint density at radius 1 is 0.551 bits per heavy atom. The van der Waals surface area contributed by atoms with Gasteiger partial charge in [0.1, 0.15) is 28.8 Å². The number of β-lactam (4-membered cyclic amide) rings is 2.